The molecule has 0 radical (unpaired) electrons. The molecule has 1 aliphatic rings. The van der Waals surface area contributed by atoms with Gasteiger partial charge in [0.25, 0.3) is 0 Å². The Morgan fingerprint density at radius 3 is 2.67 bits per heavy atom. The normalized spacial score (nSPS) is 17.5. The monoisotopic (exact) mass is 324 g/mol. The third-order valence-corrected chi connectivity index (χ3v) is 4.30. The molecule has 1 N–H and O–H groups in total. The molecule has 4 nitrogen and oxygen atoms in total. The minimum atomic E-state index is -0.0511. The predicted molar refractivity (Wildman–Crippen MR) is 96.0 cm³/mol. The number of para-hydroxylation sites is 1. The highest BCUT2D eigenvalue weighted by Gasteiger charge is 2.24. The number of aryl methyl sites for hydroxylation is 1. The highest BCUT2D eigenvalue weighted by molar-refractivity contribution is 5.89. The van der Waals surface area contributed by atoms with Crippen LogP contribution in [0.3, 0.4) is 0 Å². The minimum absolute atomic E-state index is 0.0511. The molecule has 0 spiro atoms. The number of nitrogens with one attached hydrogen (secondary N) is 1. The van der Waals surface area contributed by atoms with Crippen LogP contribution < -0.4 is 5.32 Å². The Labute approximate surface area is 143 Å². The Hall–Kier alpha value is -2.33. The second kappa shape index (κ2) is 7.97. The summed E-state index contributed by atoms with van der Waals surface area (Å²) in [6.07, 6.45) is 2.07. The van der Waals surface area contributed by atoms with Gasteiger partial charge in [-0.1, -0.05) is 48.0 Å². The van der Waals surface area contributed by atoms with Crippen molar-refractivity contribution < 1.29 is 9.53 Å². The number of nitrogens with zero attached hydrogens (tertiary/aromatic N) is 1. The summed E-state index contributed by atoms with van der Waals surface area (Å²) in [5.74, 6) is 0. The van der Waals surface area contributed by atoms with E-state index in [1.165, 1.54) is 11.1 Å². The Kier molecular flexibility index (Phi) is 5.49. The number of piperidine rings is 1. The van der Waals surface area contributed by atoms with Crippen molar-refractivity contribution in [3.8, 4) is 0 Å². The van der Waals surface area contributed by atoms with Gasteiger partial charge in [0.15, 0.2) is 0 Å². The van der Waals surface area contributed by atoms with Gasteiger partial charge in [0.1, 0.15) is 0 Å². The number of hydrogen-bond acceptors (Lipinski definition) is 2. The van der Waals surface area contributed by atoms with E-state index in [0.29, 0.717) is 13.2 Å². The van der Waals surface area contributed by atoms with Gasteiger partial charge in [-0.05, 0) is 37.5 Å². The zero-order chi connectivity index (χ0) is 16.8. The molecule has 126 valence electrons. The molecule has 1 heterocycles. The number of benzene rings is 2. The lowest BCUT2D eigenvalue weighted by atomic mass is 10.1. The molecule has 1 atom stereocenters. The SMILES string of the molecule is Cc1ccc(COC2CCCN(C(=O)Nc3ccccc3)C2)cc1. The van der Waals surface area contributed by atoms with Gasteiger partial charge in [0.2, 0.25) is 0 Å². The van der Waals surface area contributed by atoms with Crippen LogP contribution in [0.1, 0.15) is 24.0 Å². The number of urea groups is 1. The average molecular weight is 324 g/mol. The number of amides is 2. The highest BCUT2D eigenvalue weighted by Crippen LogP contribution is 2.17. The fraction of sp³-hybridized carbons (Fsp3) is 0.350. The van der Waals surface area contributed by atoms with Crippen LogP contribution in [-0.4, -0.2) is 30.1 Å². The van der Waals surface area contributed by atoms with Crippen molar-refractivity contribution in [2.24, 2.45) is 0 Å². The van der Waals surface area contributed by atoms with E-state index in [1.807, 2.05) is 35.2 Å². The summed E-state index contributed by atoms with van der Waals surface area (Å²) in [6, 6.07) is 17.9. The van der Waals surface area contributed by atoms with Crippen LogP contribution in [0, 0.1) is 6.92 Å². The first kappa shape index (κ1) is 16.5. The molecule has 3 rings (SSSR count). The Morgan fingerprint density at radius 1 is 1.17 bits per heavy atom. The van der Waals surface area contributed by atoms with Crippen LogP contribution >= 0.6 is 0 Å². The first-order valence-electron chi connectivity index (χ1n) is 8.49. The van der Waals surface area contributed by atoms with E-state index < -0.39 is 0 Å². The van der Waals surface area contributed by atoms with E-state index in [9.17, 15) is 4.79 Å². The van der Waals surface area contributed by atoms with Crippen molar-refractivity contribution in [3.63, 3.8) is 0 Å². The number of rotatable bonds is 4. The second-order valence-corrected chi connectivity index (χ2v) is 6.30. The molecule has 1 aliphatic heterocycles. The smallest absolute Gasteiger partial charge is 0.321 e. The molecule has 2 aromatic rings. The van der Waals surface area contributed by atoms with Crippen molar-refractivity contribution in [1.29, 1.82) is 0 Å². The first-order chi connectivity index (χ1) is 11.7. The maximum absolute atomic E-state index is 12.4. The third kappa shape index (κ3) is 4.59. The molecular weight excluding hydrogens is 300 g/mol. The van der Waals surface area contributed by atoms with Gasteiger partial charge in [-0.15, -0.1) is 0 Å². The van der Waals surface area contributed by atoms with Gasteiger partial charge in [0.05, 0.1) is 12.7 Å². The number of ether oxygens (including phenoxy) is 1. The van der Waals surface area contributed by atoms with E-state index in [0.717, 1.165) is 25.1 Å². The van der Waals surface area contributed by atoms with Gasteiger partial charge < -0.3 is 15.0 Å². The molecule has 2 amide bonds. The Bertz CT molecular complexity index is 655. The van der Waals surface area contributed by atoms with Gasteiger partial charge in [-0.25, -0.2) is 4.79 Å². The van der Waals surface area contributed by atoms with Crippen LogP contribution in [0.15, 0.2) is 54.6 Å². The fourth-order valence-corrected chi connectivity index (χ4v) is 2.88. The van der Waals surface area contributed by atoms with E-state index in [-0.39, 0.29) is 12.1 Å². The molecule has 2 aromatic carbocycles. The Morgan fingerprint density at radius 2 is 1.92 bits per heavy atom. The average Bonchev–Trinajstić information content (AvgIpc) is 2.62. The van der Waals surface area contributed by atoms with Crippen LogP contribution in [0.4, 0.5) is 10.5 Å². The van der Waals surface area contributed by atoms with Crippen LogP contribution in [0.2, 0.25) is 0 Å². The number of likely N-dealkylation sites (tertiary alicyclic amines) is 1. The second-order valence-electron chi connectivity index (χ2n) is 6.30. The van der Waals surface area contributed by atoms with E-state index in [1.54, 1.807) is 0 Å². The Balaban J connectivity index is 1.50. The zero-order valence-corrected chi connectivity index (χ0v) is 14.1. The maximum Gasteiger partial charge on any atom is 0.321 e. The van der Waals surface area contributed by atoms with Gasteiger partial charge in [0, 0.05) is 18.8 Å². The van der Waals surface area contributed by atoms with Crippen LogP contribution in [0.25, 0.3) is 0 Å². The van der Waals surface area contributed by atoms with Crippen LogP contribution in [-0.2, 0) is 11.3 Å². The van der Waals surface area contributed by atoms with E-state index >= 15 is 0 Å². The lowest BCUT2D eigenvalue weighted by Crippen LogP contribution is -2.45. The lowest BCUT2D eigenvalue weighted by Gasteiger charge is -2.32. The van der Waals surface area contributed by atoms with Crippen molar-refractivity contribution in [2.45, 2.75) is 32.5 Å². The van der Waals surface area contributed by atoms with E-state index in [4.69, 9.17) is 4.74 Å². The van der Waals surface area contributed by atoms with Crippen molar-refractivity contribution in [1.82, 2.24) is 4.90 Å². The summed E-state index contributed by atoms with van der Waals surface area (Å²) in [6.45, 7) is 4.10. The number of carbonyl (C=O) groups excluding carboxylic acids is 1. The minimum Gasteiger partial charge on any atom is -0.372 e. The van der Waals surface area contributed by atoms with Gasteiger partial charge in [-0.2, -0.15) is 0 Å². The van der Waals surface area contributed by atoms with E-state index in [2.05, 4.69) is 36.5 Å². The summed E-state index contributed by atoms with van der Waals surface area (Å²) in [4.78, 5) is 14.2. The van der Waals surface area contributed by atoms with Crippen LogP contribution in [0.5, 0.6) is 0 Å². The standard InChI is InChI=1S/C20H24N2O2/c1-16-9-11-17(12-10-16)15-24-19-8-5-13-22(14-19)20(23)21-18-6-3-2-4-7-18/h2-4,6-7,9-12,19H,5,8,13-15H2,1H3,(H,21,23). The molecule has 1 fully saturated rings. The molecule has 24 heavy (non-hydrogen) atoms. The van der Waals surface area contributed by atoms with Gasteiger partial charge >= 0.3 is 6.03 Å². The number of carbonyl (C=O) groups is 1. The molecule has 4 heteroatoms. The zero-order valence-electron chi connectivity index (χ0n) is 14.1. The maximum atomic E-state index is 12.4. The molecule has 1 saturated heterocycles. The topological polar surface area (TPSA) is 41.6 Å². The molecule has 0 aromatic heterocycles. The van der Waals surface area contributed by atoms with Crippen molar-refractivity contribution in [3.05, 3.63) is 65.7 Å². The first-order valence-corrected chi connectivity index (χ1v) is 8.49. The summed E-state index contributed by atoms with van der Waals surface area (Å²) < 4.78 is 6.02. The predicted octanol–water partition coefficient (Wildman–Crippen LogP) is 4.21. The molecular formula is C20H24N2O2. The molecule has 0 bridgehead atoms. The molecule has 1 unspecified atom stereocenters. The fourth-order valence-electron chi connectivity index (χ4n) is 2.88. The molecule has 0 aliphatic carbocycles. The number of hydrogen-bond donors (Lipinski definition) is 1. The van der Waals surface area contributed by atoms with Crippen molar-refractivity contribution in [2.75, 3.05) is 18.4 Å². The number of anilines is 1. The molecule has 0 saturated carbocycles. The van der Waals surface area contributed by atoms with Gasteiger partial charge in [-0.3, -0.25) is 0 Å². The summed E-state index contributed by atoms with van der Waals surface area (Å²) >= 11 is 0. The lowest BCUT2D eigenvalue weighted by molar-refractivity contribution is 0.00101. The largest absolute Gasteiger partial charge is 0.372 e. The summed E-state index contributed by atoms with van der Waals surface area (Å²) in [5, 5.41) is 2.94. The quantitative estimate of drug-likeness (QED) is 0.915. The highest BCUT2D eigenvalue weighted by atomic mass is 16.5. The third-order valence-electron chi connectivity index (χ3n) is 4.30. The summed E-state index contributed by atoms with van der Waals surface area (Å²) in [5.41, 5.74) is 3.25. The summed E-state index contributed by atoms with van der Waals surface area (Å²) in [7, 11) is 0. The van der Waals surface area contributed by atoms with Crippen molar-refractivity contribution >= 4 is 11.7 Å².